The zero-order chi connectivity index (χ0) is 23.0. The van der Waals surface area contributed by atoms with E-state index in [1.54, 1.807) is 11.3 Å². The van der Waals surface area contributed by atoms with E-state index in [1.807, 2.05) is 25.3 Å². The second kappa shape index (κ2) is 8.78. The lowest BCUT2D eigenvalue weighted by Gasteiger charge is -2.27. The highest BCUT2D eigenvalue weighted by Gasteiger charge is 2.28. The molecule has 0 aliphatic heterocycles. The molecule has 0 radical (unpaired) electrons. The van der Waals surface area contributed by atoms with E-state index in [1.165, 1.54) is 4.88 Å². The van der Waals surface area contributed by atoms with Crippen molar-refractivity contribution < 1.29 is 14.6 Å². The molecule has 0 spiro atoms. The first-order valence-electron chi connectivity index (χ1n) is 11.2. The monoisotopic (exact) mass is 441 g/mol. The predicted molar refractivity (Wildman–Crippen MR) is 130 cm³/mol. The number of phenols is 1. The molecule has 1 aromatic carbocycles. The minimum atomic E-state index is -0.273. The average Bonchev–Trinajstić information content (AvgIpc) is 3.04. The van der Waals surface area contributed by atoms with Crippen molar-refractivity contribution in [2.24, 2.45) is 4.99 Å². The number of fused-ring (bicyclic) bond motifs is 1. The number of nitrogens with zero attached hydrogens (tertiary/aromatic N) is 1. The summed E-state index contributed by atoms with van der Waals surface area (Å²) in [5, 5.41) is 11.7. The van der Waals surface area contributed by atoms with E-state index >= 15 is 0 Å². The van der Waals surface area contributed by atoms with E-state index in [9.17, 15) is 9.90 Å². The van der Waals surface area contributed by atoms with Crippen molar-refractivity contribution in [1.29, 1.82) is 0 Å². The Kier molecular flexibility index (Phi) is 6.66. The predicted octanol–water partition coefficient (Wildman–Crippen LogP) is 6.85. The Bertz CT molecular complexity index is 968. The first-order chi connectivity index (χ1) is 14.4. The van der Waals surface area contributed by atoms with Crippen molar-refractivity contribution in [2.75, 3.05) is 6.61 Å². The number of carbonyl (C=O) groups is 1. The number of carbonyl (C=O) groups excluding carboxylic acids is 1. The lowest BCUT2D eigenvalue weighted by Crippen LogP contribution is -2.17. The zero-order valence-corrected chi connectivity index (χ0v) is 20.7. The summed E-state index contributed by atoms with van der Waals surface area (Å²) in [6.45, 7) is 14.8. The molecule has 4 nitrogen and oxygen atoms in total. The number of esters is 1. The van der Waals surface area contributed by atoms with Crippen molar-refractivity contribution in [3.63, 3.8) is 0 Å². The summed E-state index contributed by atoms with van der Waals surface area (Å²) < 4.78 is 5.35. The second-order valence-corrected chi connectivity index (χ2v) is 11.4. The van der Waals surface area contributed by atoms with Crippen LogP contribution in [0.15, 0.2) is 17.1 Å². The first kappa shape index (κ1) is 23.5. The number of thiophene rings is 1. The Morgan fingerprint density at radius 2 is 1.68 bits per heavy atom. The molecule has 31 heavy (non-hydrogen) atoms. The van der Waals surface area contributed by atoms with Crippen LogP contribution in [0.25, 0.3) is 0 Å². The Labute approximate surface area is 190 Å². The SMILES string of the molecule is CCOC(=O)c1c(N=Cc2cc(C(C)(C)C)c(O)c(C(C)(C)C)c2)sc2c1CCCC2. The molecule has 0 unspecified atom stereocenters. The summed E-state index contributed by atoms with van der Waals surface area (Å²) in [6.07, 6.45) is 5.99. The summed E-state index contributed by atoms with van der Waals surface area (Å²) in [4.78, 5) is 18.7. The third-order valence-electron chi connectivity index (χ3n) is 5.71. The second-order valence-electron chi connectivity index (χ2n) is 10.3. The van der Waals surface area contributed by atoms with Crippen molar-refractivity contribution in [1.82, 2.24) is 0 Å². The zero-order valence-electron chi connectivity index (χ0n) is 19.9. The van der Waals surface area contributed by atoms with Crippen LogP contribution >= 0.6 is 11.3 Å². The van der Waals surface area contributed by atoms with E-state index in [0.29, 0.717) is 17.9 Å². The van der Waals surface area contributed by atoms with Gasteiger partial charge in [0.25, 0.3) is 0 Å². The highest BCUT2D eigenvalue weighted by atomic mass is 32.1. The molecule has 1 aromatic heterocycles. The number of hydrogen-bond donors (Lipinski definition) is 1. The first-order valence-corrected chi connectivity index (χ1v) is 12.0. The highest BCUT2D eigenvalue weighted by molar-refractivity contribution is 7.16. The quantitative estimate of drug-likeness (QED) is 0.417. The van der Waals surface area contributed by atoms with Gasteiger partial charge in [-0.25, -0.2) is 9.79 Å². The lowest BCUT2D eigenvalue weighted by molar-refractivity contribution is 0.0526. The van der Waals surface area contributed by atoms with Gasteiger partial charge in [0, 0.05) is 22.2 Å². The number of aromatic hydroxyl groups is 1. The molecule has 1 N–H and O–H groups in total. The largest absolute Gasteiger partial charge is 0.507 e. The molecular formula is C26H35NO3S. The number of hydrogen-bond acceptors (Lipinski definition) is 5. The van der Waals surface area contributed by atoms with Crippen molar-refractivity contribution in [3.8, 4) is 5.75 Å². The molecule has 3 rings (SSSR count). The normalized spacial score (nSPS) is 14.7. The third-order valence-corrected chi connectivity index (χ3v) is 6.91. The van der Waals surface area contributed by atoms with Crippen LogP contribution in [-0.2, 0) is 28.4 Å². The van der Waals surface area contributed by atoms with E-state index < -0.39 is 0 Å². The Morgan fingerprint density at radius 1 is 1.10 bits per heavy atom. The van der Waals surface area contributed by atoms with Crippen LogP contribution in [0.2, 0.25) is 0 Å². The number of aryl methyl sites for hydroxylation is 1. The number of benzene rings is 1. The standard InChI is InChI=1S/C26H35NO3S/c1-8-30-24(29)21-17-11-9-10-12-20(17)31-23(21)27-15-16-13-18(25(2,3)4)22(28)19(14-16)26(5,6)7/h13-15,28H,8-12H2,1-7H3. The van der Waals surface area contributed by atoms with E-state index in [2.05, 4.69) is 41.5 Å². The van der Waals surface area contributed by atoms with Gasteiger partial charge < -0.3 is 9.84 Å². The maximum Gasteiger partial charge on any atom is 0.341 e. The molecule has 0 amide bonds. The van der Waals surface area contributed by atoms with Crippen LogP contribution in [0.1, 0.15) is 98.8 Å². The number of phenolic OH excluding ortho intramolecular Hbond substituents is 1. The maximum absolute atomic E-state index is 12.7. The van der Waals surface area contributed by atoms with Gasteiger partial charge in [0.1, 0.15) is 10.8 Å². The van der Waals surface area contributed by atoms with Gasteiger partial charge >= 0.3 is 5.97 Å². The highest BCUT2D eigenvalue weighted by Crippen LogP contribution is 2.42. The summed E-state index contributed by atoms with van der Waals surface area (Å²) >= 11 is 1.61. The number of rotatable bonds is 4. The van der Waals surface area contributed by atoms with E-state index in [4.69, 9.17) is 9.73 Å². The van der Waals surface area contributed by atoms with Crippen LogP contribution in [0.3, 0.4) is 0 Å². The molecule has 0 bridgehead atoms. The van der Waals surface area contributed by atoms with Crippen LogP contribution in [-0.4, -0.2) is 23.9 Å². The van der Waals surface area contributed by atoms with Crippen molar-refractivity contribution in [3.05, 3.63) is 44.8 Å². The molecule has 1 heterocycles. The molecule has 1 aliphatic rings. The Morgan fingerprint density at radius 3 is 2.23 bits per heavy atom. The summed E-state index contributed by atoms with van der Waals surface area (Å²) in [5.41, 5.74) is 4.09. The molecule has 2 aromatic rings. The van der Waals surface area contributed by atoms with E-state index in [-0.39, 0.29) is 16.8 Å². The minimum Gasteiger partial charge on any atom is -0.507 e. The summed E-state index contributed by atoms with van der Waals surface area (Å²) in [7, 11) is 0. The molecular weight excluding hydrogens is 406 g/mol. The fourth-order valence-corrected chi connectivity index (χ4v) is 5.29. The summed E-state index contributed by atoms with van der Waals surface area (Å²) in [5.74, 6) is 0.0847. The Hall–Kier alpha value is -2.14. The van der Waals surface area contributed by atoms with Gasteiger partial charge in [-0.3, -0.25) is 0 Å². The smallest absolute Gasteiger partial charge is 0.341 e. The molecule has 0 fully saturated rings. The maximum atomic E-state index is 12.7. The third kappa shape index (κ3) is 5.03. The van der Waals surface area contributed by atoms with Gasteiger partial charge in [-0.2, -0.15) is 0 Å². The Balaban J connectivity index is 2.10. The fourth-order valence-electron chi connectivity index (χ4n) is 4.06. The van der Waals surface area contributed by atoms with Gasteiger partial charge in [-0.05, 0) is 66.7 Å². The van der Waals surface area contributed by atoms with Crippen LogP contribution in [0.4, 0.5) is 5.00 Å². The minimum absolute atomic E-state index is 0.202. The van der Waals surface area contributed by atoms with Gasteiger partial charge in [0.15, 0.2) is 0 Å². The molecule has 1 aliphatic carbocycles. The van der Waals surface area contributed by atoms with Crippen molar-refractivity contribution >= 4 is 28.5 Å². The molecule has 0 atom stereocenters. The van der Waals surface area contributed by atoms with Gasteiger partial charge in [-0.15, -0.1) is 11.3 Å². The summed E-state index contributed by atoms with van der Waals surface area (Å²) in [6, 6.07) is 4.01. The van der Waals surface area contributed by atoms with Gasteiger partial charge in [-0.1, -0.05) is 41.5 Å². The molecule has 0 saturated heterocycles. The van der Waals surface area contributed by atoms with Crippen LogP contribution in [0, 0.1) is 0 Å². The van der Waals surface area contributed by atoms with Gasteiger partial charge in [0.2, 0.25) is 0 Å². The molecule has 5 heteroatoms. The number of ether oxygens (including phenoxy) is 1. The topological polar surface area (TPSA) is 58.9 Å². The van der Waals surface area contributed by atoms with Crippen LogP contribution in [0.5, 0.6) is 5.75 Å². The molecule has 0 saturated carbocycles. The lowest BCUT2D eigenvalue weighted by atomic mass is 9.78. The fraction of sp³-hybridized carbons (Fsp3) is 0.538. The average molecular weight is 442 g/mol. The number of aliphatic imine (C=N–C) groups is 1. The molecule has 168 valence electrons. The van der Waals surface area contributed by atoms with Crippen LogP contribution < -0.4 is 0 Å². The van der Waals surface area contributed by atoms with Gasteiger partial charge in [0.05, 0.1) is 12.2 Å². The van der Waals surface area contributed by atoms with E-state index in [0.717, 1.165) is 52.9 Å². The van der Waals surface area contributed by atoms with Crippen molar-refractivity contribution in [2.45, 2.75) is 85.0 Å².